The fourth-order valence-corrected chi connectivity index (χ4v) is 3.49. The van der Waals surface area contributed by atoms with Gasteiger partial charge in [-0.3, -0.25) is 4.79 Å². The average Bonchev–Trinajstić information content (AvgIpc) is 2.79. The molecule has 0 saturated heterocycles. The van der Waals surface area contributed by atoms with E-state index in [9.17, 15) is 14.7 Å². The first kappa shape index (κ1) is 25.7. The molecule has 0 radical (unpaired) electrons. The van der Waals surface area contributed by atoms with E-state index in [0.717, 1.165) is 29.5 Å². The fraction of sp³-hybridized carbons (Fsp3) is 0.440. The predicted molar refractivity (Wildman–Crippen MR) is 125 cm³/mol. The van der Waals surface area contributed by atoms with Crippen LogP contribution in [-0.4, -0.2) is 37.0 Å². The third kappa shape index (κ3) is 8.17. The maximum atomic E-state index is 12.3. The normalized spacial score (nSPS) is 12.6. The predicted octanol–water partition coefficient (Wildman–Crippen LogP) is 5.53. The molecule has 0 aliphatic heterocycles. The summed E-state index contributed by atoms with van der Waals surface area (Å²) in [5.74, 6) is -1.07. The van der Waals surface area contributed by atoms with Gasteiger partial charge >= 0.3 is 12.1 Å². The van der Waals surface area contributed by atoms with Crippen LogP contribution >= 0.6 is 11.6 Å². The summed E-state index contributed by atoms with van der Waals surface area (Å²) in [6.07, 6.45) is 2.04. The second kappa shape index (κ2) is 13.8. The molecule has 0 bridgehead atoms. The molecule has 7 heteroatoms. The van der Waals surface area contributed by atoms with Crippen LogP contribution in [0.4, 0.5) is 4.79 Å². The van der Waals surface area contributed by atoms with Crippen LogP contribution in [0.15, 0.2) is 48.5 Å². The van der Waals surface area contributed by atoms with Crippen LogP contribution < -0.4 is 5.32 Å². The second-order valence-electron chi connectivity index (χ2n) is 7.53. The first-order valence-electron chi connectivity index (χ1n) is 11.0. The summed E-state index contributed by atoms with van der Waals surface area (Å²) in [5.41, 5.74) is 2.87. The summed E-state index contributed by atoms with van der Waals surface area (Å²) in [7, 11) is 0. The molecule has 174 valence electrons. The molecule has 32 heavy (non-hydrogen) atoms. The average molecular weight is 462 g/mol. The molecule has 2 aromatic rings. The van der Waals surface area contributed by atoms with E-state index in [-0.39, 0.29) is 19.3 Å². The molecule has 6 nitrogen and oxygen atoms in total. The Morgan fingerprint density at radius 1 is 1.03 bits per heavy atom. The quantitative estimate of drug-likeness (QED) is 0.321. The van der Waals surface area contributed by atoms with Crippen molar-refractivity contribution >= 4 is 23.7 Å². The van der Waals surface area contributed by atoms with Gasteiger partial charge in [0.25, 0.3) is 0 Å². The molecule has 2 atom stereocenters. The standard InChI is InChI=1S/C25H32ClNO5/c1-3-5-15-32-25(30)27-23(14-13-21(17-28)24(29)31-4-2)19-11-9-18(10-12-19)20-7-6-8-22(26)16-20/h6-12,16,21,23,28H,3-5,13-15,17H2,1-2H3,(H,27,30). The zero-order chi connectivity index (χ0) is 23.3. The van der Waals surface area contributed by atoms with Crippen LogP contribution in [0.1, 0.15) is 51.1 Å². The molecular weight excluding hydrogens is 430 g/mol. The van der Waals surface area contributed by atoms with Gasteiger partial charge in [-0.15, -0.1) is 0 Å². The van der Waals surface area contributed by atoms with Crippen molar-refractivity contribution in [2.45, 2.75) is 45.6 Å². The van der Waals surface area contributed by atoms with Crippen LogP contribution in [-0.2, 0) is 14.3 Å². The van der Waals surface area contributed by atoms with Crippen molar-refractivity contribution in [2.24, 2.45) is 5.92 Å². The highest BCUT2D eigenvalue weighted by Crippen LogP contribution is 2.27. The molecule has 0 fully saturated rings. The SMILES string of the molecule is CCCCOC(=O)NC(CCC(CO)C(=O)OCC)c1ccc(-c2cccc(Cl)c2)cc1. The Labute approximate surface area is 194 Å². The Morgan fingerprint density at radius 2 is 1.78 bits per heavy atom. The molecule has 0 aliphatic carbocycles. The van der Waals surface area contributed by atoms with Gasteiger partial charge in [-0.05, 0) is 55.0 Å². The minimum atomic E-state index is -0.638. The lowest BCUT2D eigenvalue weighted by Gasteiger charge is -2.21. The Kier molecular flexibility index (Phi) is 11.0. The summed E-state index contributed by atoms with van der Waals surface area (Å²) in [4.78, 5) is 24.3. The van der Waals surface area contributed by atoms with E-state index in [2.05, 4.69) is 5.32 Å². The van der Waals surface area contributed by atoms with E-state index in [0.29, 0.717) is 24.5 Å². The maximum Gasteiger partial charge on any atom is 0.407 e. The molecular formula is C25H32ClNO5. The molecule has 2 aromatic carbocycles. The number of amides is 1. The third-order valence-electron chi connectivity index (χ3n) is 5.14. The van der Waals surface area contributed by atoms with Gasteiger partial charge in [-0.1, -0.05) is 61.3 Å². The number of halogens is 1. The Morgan fingerprint density at radius 3 is 2.41 bits per heavy atom. The van der Waals surface area contributed by atoms with E-state index >= 15 is 0 Å². The largest absolute Gasteiger partial charge is 0.466 e. The van der Waals surface area contributed by atoms with E-state index in [4.69, 9.17) is 21.1 Å². The van der Waals surface area contributed by atoms with Gasteiger partial charge in [0.05, 0.1) is 31.8 Å². The summed E-state index contributed by atoms with van der Waals surface area (Å²) in [6, 6.07) is 15.0. The topological polar surface area (TPSA) is 84.9 Å². The number of unbranched alkanes of at least 4 members (excludes halogenated alkanes) is 1. The minimum Gasteiger partial charge on any atom is -0.466 e. The van der Waals surface area contributed by atoms with E-state index < -0.39 is 18.0 Å². The first-order valence-corrected chi connectivity index (χ1v) is 11.4. The van der Waals surface area contributed by atoms with Crippen molar-refractivity contribution < 1.29 is 24.2 Å². The Hall–Kier alpha value is -2.57. The second-order valence-corrected chi connectivity index (χ2v) is 7.96. The molecule has 0 aliphatic rings. The van der Waals surface area contributed by atoms with Crippen molar-refractivity contribution in [3.63, 3.8) is 0 Å². The highest BCUT2D eigenvalue weighted by atomic mass is 35.5. The number of aliphatic hydroxyl groups excluding tert-OH is 1. The van der Waals surface area contributed by atoms with Crippen molar-refractivity contribution in [1.82, 2.24) is 5.32 Å². The molecule has 2 rings (SSSR count). The number of esters is 1. The van der Waals surface area contributed by atoms with Crippen molar-refractivity contribution in [3.8, 4) is 11.1 Å². The highest BCUT2D eigenvalue weighted by molar-refractivity contribution is 6.30. The van der Waals surface area contributed by atoms with Gasteiger partial charge in [0, 0.05) is 5.02 Å². The van der Waals surface area contributed by atoms with Crippen LogP contribution in [0.25, 0.3) is 11.1 Å². The van der Waals surface area contributed by atoms with Gasteiger partial charge in [0.1, 0.15) is 0 Å². The van der Waals surface area contributed by atoms with Gasteiger partial charge in [0.15, 0.2) is 0 Å². The van der Waals surface area contributed by atoms with Crippen molar-refractivity contribution in [1.29, 1.82) is 0 Å². The number of benzene rings is 2. The van der Waals surface area contributed by atoms with Crippen LogP contribution in [0, 0.1) is 5.92 Å². The number of rotatable bonds is 12. The zero-order valence-electron chi connectivity index (χ0n) is 18.7. The van der Waals surface area contributed by atoms with Gasteiger partial charge in [0.2, 0.25) is 0 Å². The van der Waals surface area contributed by atoms with Crippen LogP contribution in [0.3, 0.4) is 0 Å². The molecule has 1 amide bonds. The number of hydrogen-bond acceptors (Lipinski definition) is 5. The number of ether oxygens (including phenoxy) is 2. The summed E-state index contributed by atoms with van der Waals surface area (Å²) in [5, 5.41) is 13.1. The van der Waals surface area contributed by atoms with E-state index in [1.165, 1.54) is 0 Å². The molecule has 0 spiro atoms. The van der Waals surface area contributed by atoms with Gasteiger partial charge < -0.3 is 19.9 Å². The zero-order valence-corrected chi connectivity index (χ0v) is 19.4. The van der Waals surface area contributed by atoms with Crippen molar-refractivity contribution in [2.75, 3.05) is 19.8 Å². The number of nitrogens with one attached hydrogen (secondary N) is 1. The fourth-order valence-electron chi connectivity index (χ4n) is 3.30. The molecule has 0 heterocycles. The number of carbonyl (C=O) groups excluding carboxylic acids is 2. The summed E-state index contributed by atoms with van der Waals surface area (Å²) in [6.45, 7) is 4.05. The first-order chi connectivity index (χ1) is 15.5. The number of hydrogen-bond donors (Lipinski definition) is 2. The Balaban J connectivity index is 2.15. The monoisotopic (exact) mass is 461 g/mol. The minimum absolute atomic E-state index is 0.256. The Bertz CT molecular complexity index is 856. The van der Waals surface area contributed by atoms with E-state index in [1.807, 2.05) is 55.5 Å². The van der Waals surface area contributed by atoms with Gasteiger partial charge in [-0.2, -0.15) is 0 Å². The number of aliphatic hydroxyl groups is 1. The lowest BCUT2D eigenvalue weighted by molar-refractivity contribution is -0.149. The van der Waals surface area contributed by atoms with Crippen LogP contribution in [0.5, 0.6) is 0 Å². The highest BCUT2D eigenvalue weighted by Gasteiger charge is 2.23. The van der Waals surface area contributed by atoms with Crippen molar-refractivity contribution in [3.05, 3.63) is 59.1 Å². The van der Waals surface area contributed by atoms with Crippen LogP contribution in [0.2, 0.25) is 5.02 Å². The smallest absolute Gasteiger partial charge is 0.407 e. The summed E-state index contributed by atoms with van der Waals surface area (Å²) >= 11 is 6.10. The molecule has 2 unspecified atom stereocenters. The number of alkyl carbamates (subject to hydrolysis) is 1. The number of carbonyl (C=O) groups is 2. The third-order valence-corrected chi connectivity index (χ3v) is 5.37. The molecule has 0 saturated carbocycles. The summed E-state index contributed by atoms with van der Waals surface area (Å²) < 4.78 is 10.3. The molecule has 0 aromatic heterocycles. The van der Waals surface area contributed by atoms with Gasteiger partial charge in [-0.25, -0.2) is 4.79 Å². The van der Waals surface area contributed by atoms with E-state index in [1.54, 1.807) is 6.92 Å². The lowest BCUT2D eigenvalue weighted by Crippen LogP contribution is -2.31. The maximum absolute atomic E-state index is 12.3. The molecule has 2 N–H and O–H groups in total. The lowest BCUT2D eigenvalue weighted by atomic mass is 9.94.